The summed E-state index contributed by atoms with van der Waals surface area (Å²) in [6.45, 7) is 3.55. The number of rotatable bonds is 6. The lowest BCUT2D eigenvalue weighted by molar-refractivity contribution is -0.384. The summed E-state index contributed by atoms with van der Waals surface area (Å²) in [5, 5.41) is 13.4. The van der Waals surface area contributed by atoms with Gasteiger partial charge in [0.2, 0.25) is 0 Å². The molecule has 0 aromatic heterocycles. The lowest BCUT2D eigenvalue weighted by Crippen LogP contribution is -2.30. The number of ether oxygens (including phenoxy) is 2. The van der Waals surface area contributed by atoms with Gasteiger partial charge in [-0.25, -0.2) is 0 Å². The maximum atomic E-state index is 12.3. The van der Waals surface area contributed by atoms with E-state index < -0.39 is 11.0 Å². The second-order valence-electron chi connectivity index (χ2n) is 5.21. The molecule has 0 saturated carbocycles. The first-order valence-corrected chi connectivity index (χ1v) is 7.27. The zero-order valence-corrected chi connectivity index (χ0v) is 13.6. The van der Waals surface area contributed by atoms with E-state index in [-0.39, 0.29) is 17.3 Å². The van der Waals surface area contributed by atoms with Gasteiger partial charge in [-0.05, 0) is 37.6 Å². The van der Waals surface area contributed by atoms with Crippen molar-refractivity contribution in [3.05, 3.63) is 58.1 Å². The SMILES string of the molecule is COc1cc([N+](=O)[O-])ccc1NC(=O)[C@@H](C)Oc1cccc(C)c1. The van der Waals surface area contributed by atoms with Crippen LogP contribution < -0.4 is 14.8 Å². The number of carbonyl (C=O) groups excluding carboxylic acids is 1. The lowest BCUT2D eigenvalue weighted by atomic mass is 10.2. The van der Waals surface area contributed by atoms with Crippen LogP contribution in [-0.4, -0.2) is 24.0 Å². The summed E-state index contributed by atoms with van der Waals surface area (Å²) in [5.74, 6) is 0.414. The first kappa shape index (κ1) is 17.3. The van der Waals surface area contributed by atoms with Crippen LogP contribution in [0.5, 0.6) is 11.5 Å². The molecule has 0 radical (unpaired) electrons. The molecule has 1 atom stereocenters. The van der Waals surface area contributed by atoms with Crippen LogP contribution >= 0.6 is 0 Å². The number of anilines is 1. The van der Waals surface area contributed by atoms with Gasteiger partial charge in [0.15, 0.2) is 6.10 Å². The first-order chi connectivity index (χ1) is 11.4. The molecular weight excluding hydrogens is 312 g/mol. The van der Waals surface area contributed by atoms with Crippen LogP contribution in [0, 0.1) is 17.0 Å². The highest BCUT2D eigenvalue weighted by molar-refractivity contribution is 5.95. The van der Waals surface area contributed by atoms with E-state index in [4.69, 9.17) is 9.47 Å². The maximum Gasteiger partial charge on any atom is 0.273 e. The summed E-state index contributed by atoms with van der Waals surface area (Å²) in [6.07, 6.45) is -0.744. The number of amides is 1. The number of benzene rings is 2. The summed E-state index contributed by atoms with van der Waals surface area (Å²) in [4.78, 5) is 22.5. The molecule has 2 aromatic rings. The fraction of sp³-hybridized carbons (Fsp3) is 0.235. The molecule has 0 aliphatic carbocycles. The van der Waals surface area contributed by atoms with Gasteiger partial charge in [-0.15, -0.1) is 0 Å². The first-order valence-electron chi connectivity index (χ1n) is 7.27. The quantitative estimate of drug-likeness (QED) is 0.648. The number of nitrogens with one attached hydrogen (secondary N) is 1. The van der Waals surface area contributed by atoms with Crippen molar-refractivity contribution >= 4 is 17.3 Å². The fourth-order valence-corrected chi connectivity index (χ4v) is 2.08. The average Bonchev–Trinajstić information content (AvgIpc) is 2.54. The predicted octanol–water partition coefficient (Wildman–Crippen LogP) is 3.32. The Kier molecular flexibility index (Phi) is 5.36. The number of nitrogens with zero attached hydrogens (tertiary/aromatic N) is 1. The van der Waals surface area contributed by atoms with Gasteiger partial charge in [0.1, 0.15) is 11.5 Å². The zero-order valence-electron chi connectivity index (χ0n) is 13.6. The average molecular weight is 330 g/mol. The van der Waals surface area contributed by atoms with E-state index in [0.717, 1.165) is 5.56 Å². The molecular formula is C17H18N2O5. The number of non-ortho nitro benzene ring substituents is 1. The number of nitro benzene ring substituents is 1. The minimum absolute atomic E-state index is 0.117. The minimum atomic E-state index is -0.744. The van der Waals surface area contributed by atoms with Crippen molar-refractivity contribution in [3.8, 4) is 11.5 Å². The highest BCUT2D eigenvalue weighted by atomic mass is 16.6. The second kappa shape index (κ2) is 7.45. The highest BCUT2D eigenvalue weighted by Crippen LogP contribution is 2.29. The molecule has 1 amide bonds. The Balaban J connectivity index is 2.09. The minimum Gasteiger partial charge on any atom is -0.494 e. The third-order valence-corrected chi connectivity index (χ3v) is 3.33. The Morgan fingerprint density at radius 3 is 2.62 bits per heavy atom. The van der Waals surface area contributed by atoms with Gasteiger partial charge in [-0.2, -0.15) is 0 Å². The van der Waals surface area contributed by atoms with Crippen molar-refractivity contribution < 1.29 is 19.2 Å². The van der Waals surface area contributed by atoms with Crippen molar-refractivity contribution in [1.82, 2.24) is 0 Å². The number of aryl methyl sites for hydroxylation is 1. The number of hydrogen-bond donors (Lipinski definition) is 1. The van der Waals surface area contributed by atoms with Crippen molar-refractivity contribution in [2.45, 2.75) is 20.0 Å². The third kappa shape index (κ3) is 4.22. The topological polar surface area (TPSA) is 90.7 Å². The van der Waals surface area contributed by atoms with Gasteiger partial charge < -0.3 is 14.8 Å². The Hall–Kier alpha value is -3.09. The molecule has 2 rings (SSSR count). The number of carbonyl (C=O) groups is 1. The molecule has 24 heavy (non-hydrogen) atoms. The van der Waals surface area contributed by atoms with Crippen LogP contribution in [0.3, 0.4) is 0 Å². The van der Waals surface area contributed by atoms with Gasteiger partial charge in [0, 0.05) is 6.07 Å². The number of hydrogen-bond acceptors (Lipinski definition) is 5. The Labute approximate surface area is 139 Å². The Morgan fingerprint density at radius 2 is 2.00 bits per heavy atom. The van der Waals surface area contributed by atoms with E-state index in [2.05, 4.69) is 5.32 Å². The van der Waals surface area contributed by atoms with Crippen molar-refractivity contribution in [3.63, 3.8) is 0 Å². The molecule has 0 spiro atoms. The van der Waals surface area contributed by atoms with Crippen LogP contribution in [0.2, 0.25) is 0 Å². The van der Waals surface area contributed by atoms with Crippen LogP contribution in [0.15, 0.2) is 42.5 Å². The molecule has 1 N–H and O–H groups in total. The van der Waals surface area contributed by atoms with E-state index in [9.17, 15) is 14.9 Å². The molecule has 126 valence electrons. The normalized spacial score (nSPS) is 11.5. The fourth-order valence-electron chi connectivity index (χ4n) is 2.08. The second-order valence-corrected chi connectivity index (χ2v) is 5.21. The summed E-state index contributed by atoms with van der Waals surface area (Å²) in [5.41, 5.74) is 1.25. The molecule has 0 saturated heterocycles. The molecule has 0 aliphatic heterocycles. The molecule has 0 fully saturated rings. The van der Waals surface area contributed by atoms with Gasteiger partial charge in [0.25, 0.3) is 11.6 Å². The van der Waals surface area contributed by atoms with Gasteiger partial charge >= 0.3 is 0 Å². The van der Waals surface area contributed by atoms with Gasteiger partial charge in [0.05, 0.1) is 23.8 Å². The molecule has 0 bridgehead atoms. The van der Waals surface area contributed by atoms with Gasteiger partial charge in [-0.1, -0.05) is 12.1 Å². The predicted molar refractivity (Wildman–Crippen MR) is 89.5 cm³/mol. The number of nitro groups is 1. The van der Waals surface area contributed by atoms with Crippen molar-refractivity contribution in [1.29, 1.82) is 0 Å². The smallest absolute Gasteiger partial charge is 0.273 e. The molecule has 7 nitrogen and oxygen atoms in total. The van der Waals surface area contributed by atoms with E-state index in [1.807, 2.05) is 25.1 Å². The molecule has 0 heterocycles. The lowest BCUT2D eigenvalue weighted by Gasteiger charge is -2.16. The standard InChI is InChI=1S/C17H18N2O5/c1-11-5-4-6-14(9-11)24-12(2)17(20)18-15-8-7-13(19(21)22)10-16(15)23-3/h4-10,12H,1-3H3,(H,18,20)/t12-/m1/s1. The number of methoxy groups -OCH3 is 1. The van der Waals surface area contributed by atoms with Crippen molar-refractivity contribution in [2.24, 2.45) is 0 Å². The Bertz CT molecular complexity index is 760. The summed E-state index contributed by atoms with van der Waals surface area (Å²) >= 11 is 0. The maximum absolute atomic E-state index is 12.3. The molecule has 0 aliphatic rings. The van der Waals surface area contributed by atoms with Crippen molar-refractivity contribution in [2.75, 3.05) is 12.4 Å². The van der Waals surface area contributed by atoms with Crippen LogP contribution in [0.1, 0.15) is 12.5 Å². The highest BCUT2D eigenvalue weighted by Gasteiger charge is 2.18. The van der Waals surface area contributed by atoms with Crippen LogP contribution in [0.4, 0.5) is 11.4 Å². The molecule has 7 heteroatoms. The Morgan fingerprint density at radius 1 is 1.25 bits per heavy atom. The van der Waals surface area contributed by atoms with Gasteiger partial charge in [-0.3, -0.25) is 14.9 Å². The van der Waals surface area contributed by atoms with Crippen LogP contribution in [-0.2, 0) is 4.79 Å². The van der Waals surface area contributed by atoms with E-state index in [1.165, 1.54) is 25.3 Å². The van der Waals surface area contributed by atoms with E-state index >= 15 is 0 Å². The summed E-state index contributed by atoms with van der Waals surface area (Å²) in [6, 6.07) is 11.3. The molecule has 0 unspecified atom stereocenters. The monoisotopic (exact) mass is 330 g/mol. The third-order valence-electron chi connectivity index (χ3n) is 3.33. The van der Waals surface area contributed by atoms with E-state index in [0.29, 0.717) is 11.4 Å². The zero-order chi connectivity index (χ0) is 17.7. The molecule has 2 aromatic carbocycles. The summed E-state index contributed by atoms with van der Waals surface area (Å²) in [7, 11) is 1.38. The van der Waals surface area contributed by atoms with E-state index in [1.54, 1.807) is 13.0 Å². The van der Waals surface area contributed by atoms with Crippen LogP contribution in [0.25, 0.3) is 0 Å². The summed E-state index contributed by atoms with van der Waals surface area (Å²) < 4.78 is 10.7. The largest absolute Gasteiger partial charge is 0.494 e.